The van der Waals surface area contributed by atoms with Gasteiger partial charge in [0.2, 0.25) is 0 Å². The summed E-state index contributed by atoms with van der Waals surface area (Å²) in [7, 11) is 0. The van der Waals surface area contributed by atoms with Crippen molar-refractivity contribution in [1.82, 2.24) is 0 Å². The van der Waals surface area contributed by atoms with Crippen molar-refractivity contribution in [3.63, 3.8) is 0 Å². The van der Waals surface area contributed by atoms with Gasteiger partial charge in [0.05, 0.1) is 11.3 Å². The molecule has 1 aromatic carbocycles. The molecule has 1 aliphatic heterocycles. The fourth-order valence-electron chi connectivity index (χ4n) is 2.98. The number of hydrogen-bond acceptors (Lipinski definition) is 1. The second-order valence-corrected chi connectivity index (χ2v) is 5.44. The van der Waals surface area contributed by atoms with Crippen molar-refractivity contribution in [1.29, 1.82) is 0 Å². The summed E-state index contributed by atoms with van der Waals surface area (Å²) < 4.78 is 38.1. The van der Waals surface area contributed by atoms with E-state index in [0.29, 0.717) is 30.0 Å². The predicted octanol–water partition coefficient (Wildman–Crippen LogP) is 3.91. The fourth-order valence-corrected chi connectivity index (χ4v) is 2.98. The highest BCUT2D eigenvalue weighted by Gasteiger charge is 2.41. The lowest BCUT2D eigenvalue weighted by molar-refractivity contribution is -0.137. The number of alkyl halides is 3. The summed E-state index contributed by atoms with van der Waals surface area (Å²) >= 11 is 0. The molecule has 0 spiro atoms. The van der Waals surface area contributed by atoms with Crippen molar-refractivity contribution in [3.05, 3.63) is 29.3 Å². The number of carbonyl (C=O) groups is 1. The van der Waals surface area contributed by atoms with Crippen LogP contribution in [0, 0.1) is 5.92 Å². The normalized spacial score (nSPS) is 22.6. The number of nitrogens with zero attached hydrogens (tertiary/aromatic N) is 1. The average molecular weight is 285 g/mol. The first-order chi connectivity index (χ1) is 9.38. The largest absolute Gasteiger partial charge is 0.465 e. The van der Waals surface area contributed by atoms with Gasteiger partial charge in [-0.1, -0.05) is 0 Å². The Labute approximate surface area is 114 Å². The molecule has 1 saturated carbocycles. The molecule has 3 nitrogen and oxygen atoms in total. The quantitative estimate of drug-likeness (QED) is 0.849. The van der Waals surface area contributed by atoms with Gasteiger partial charge >= 0.3 is 12.3 Å². The lowest BCUT2D eigenvalue weighted by Crippen LogP contribution is -2.44. The standard InChI is InChI=1S/C14H14F3NO2/c15-14(16,17)10-4-6-12-9(7-10)3-5-11(8-1-2-8)18(12)13(19)20/h4,6-8,11H,1-3,5H2,(H,19,20). The van der Waals surface area contributed by atoms with E-state index in [0.717, 1.165) is 25.0 Å². The van der Waals surface area contributed by atoms with E-state index in [4.69, 9.17) is 0 Å². The van der Waals surface area contributed by atoms with Crippen LogP contribution in [0.4, 0.5) is 23.7 Å². The van der Waals surface area contributed by atoms with E-state index in [-0.39, 0.29) is 6.04 Å². The lowest BCUT2D eigenvalue weighted by atomic mass is 9.92. The molecule has 0 bridgehead atoms. The lowest BCUT2D eigenvalue weighted by Gasteiger charge is -2.35. The Morgan fingerprint density at radius 2 is 1.95 bits per heavy atom. The van der Waals surface area contributed by atoms with Crippen LogP contribution >= 0.6 is 0 Å². The number of aryl methyl sites for hydroxylation is 1. The van der Waals surface area contributed by atoms with Crippen molar-refractivity contribution in [2.24, 2.45) is 5.92 Å². The number of rotatable bonds is 1. The van der Waals surface area contributed by atoms with Crippen LogP contribution in [-0.2, 0) is 12.6 Å². The number of hydrogen-bond donors (Lipinski definition) is 1. The zero-order valence-corrected chi connectivity index (χ0v) is 10.7. The van der Waals surface area contributed by atoms with Gasteiger partial charge in [-0.3, -0.25) is 4.90 Å². The minimum atomic E-state index is -4.39. The summed E-state index contributed by atoms with van der Waals surface area (Å²) in [5, 5.41) is 9.36. The first kappa shape index (κ1) is 13.3. The van der Waals surface area contributed by atoms with E-state index in [2.05, 4.69) is 0 Å². The Hall–Kier alpha value is -1.72. The molecular formula is C14H14F3NO2. The molecule has 1 amide bonds. The summed E-state index contributed by atoms with van der Waals surface area (Å²) in [6.45, 7) is 0. The highest BCUT2D eigenvalue weighted by molar-refractivity contribution is 5.88. The molecule has 1 fully saturated rings. The Bertz CT molecular complexity index is 552. The SMILES string of the molecule is O=C(O)N1c2ccc(C(F)(F)F)cc2CCC1C1CC1. The van der Waals surface area contributed by atoms with Crippen molar-refractivity contribution in [2.75, 3.05) is 4.90 Å². The van der Waals surface area contributed by atoms with E-state index in [1.165, 1.54) is 11.0 Å². The molecule has 1 atom stereocenters. The number of fused-ring (bicyclic) bond motifs is 1. The number of anilines is 1. The van der Waals surface area contributed by atoms with Crippen LogP contribution in [0.1, 0.15) is 30.4 Å². The molecular weight excluding hydrogens is 271 g/mol. The minimum absolute atomic E-state index is 0.0864. The van der Waals surface area contributed by atoms with Crippen molar-refractivity contribution >= 4 is 11.8 Å². The van der Waals surface area contributed by atoms with Gasteiger partial charge in [0.15, 0.2) is 0 Å². The van der Waals surface area contributed by atoms with Crippen LogP contribution in [0.3, 0.4) is 0 Å². The highest BCUT2D eigenvalue weighted by Crippen LogP contribution is 2.44. The van der Waals surface area contributed by atoms with Gasteiger partial charge in [0.25, 0.3) is 0 Å². The Kier molecular flexibility index (Phi) is 2.92. The van der Waals surface area contributed by atoms with Crippen LogP contribution in [0.5, 0.6) is 0 Å². The van der Waals surface area contributed by atoms with E-state index in [1.807, 2.05) is 0 Å². The van der Waals surface area contributed by atoms with Crippen LogP contribution in [-0.4, -0.2) is 17.2 Å². The molecule has 108 valence electrons. The van der Waals surface area contributed by atoms with Crippen molar-refractivity contribution < 1.29 is 23.1 Å². The second kappa shape index (κ2) is 4.40. The Morgan fingerprint density at radius 3 is 2.50 bits per heavy atom. The highest BCUT2D eigenvalue weighted by atomic mass is 19.4. The van der Waals surface area contributed by atoms with Gasteiger partial charge < -0.3 is 5.11 Å². The number of carboxylic acid groups (broad SMARTS) is 1. The van der Waals surface area contributed by atoms with Crippen molar-refractivity contribution in [2.45, 2.75) is 37.9 Å². The number of halogens is 3. The van der Waals surface area contributed by atoms with E-state index < -0.39 is 17.8 Å². The van der Waals surface area contributed by atoms with Gasteiger partial charge in [-0.05, 0) is 55.4 Å². The molecule has 1 aromatic rings. The third-order valence-electron chi connectivity index (χ3n) is 4.08. The summed E-state index contributed by atoms with van der Waals surface area (Å²) in [4.78, 5) is 12.7. The summed E-state index contributed by atoms with van der Waals surface area (Å²) in [6, 6.07) is 3.25. The molecule has 3 rings (SSSR count). The fraction of sp³-hybridized carbons (Fsp3) is 0.500. The predicted molar refractivity (Wildman–Crippen MR) is 66.8 cm³/mol. The minimum Gasteiger partial charge on any atom is -0.465 e. The second-order valence-electron chi connectivity index (χ2n) is 5.44. The number of amides is 1. The van der Waals surface area contributed by atoms with Crippen LogP contribution in [0.2, 0.25) is 0 Å². The van der Waals surface area contributed by atoms with E-state index in [9.17, 15) is 23.1 Å². The summed E-state index contributed by atoms with van der Waals surface area (Å²) in [5.41, 5.74) is 0.166. The van der Waals surface area contributed by atoms with Gasteiger partial charge in [-0.25, -0.2) is 4.79 Å². The summed E-state index contributed by atoms with van der Waals surface area (Å²) in [6.07, 6.45) is -2.36. The monoisotopic (exact) mass is 285 g/mol. The number of benzene rings is 1. The maximum atomic E-state index is 12.7. The van der Waals surface area contributed by atoms with Crippen LogP contribution < -0.4 is 4.90 Å². The smallest absolute Gasteiger partial charge is 0.416 e. The first-order valence-corrected chi connectivity index (χ1v) is 6.60. The topological polar surface area (TPSA) is 40.5 Å². The zero-order chi connectivity index (χ0) is 14.5. The summed E-state index contributed by atoms with van der Waals surface area (Å²) in [5.74, 6) is 0.363. The third kappa shape index (κ3) is 2.23. The van der Waals surface area contributed by atoms with Crippen LogP contribution in [0.15, 0.2) is 18.2 Å². The Morgan fingerprint density at radius 1 is 1.25 bits per heavy atom. The molecule has 6 heteroatoms. The molecule has 20 heavy (non-hydrogen) atoms. The van der Waals surface area contributed by atoms with Gasteiger partial charge in [-0.2, -0.15) is 13.2 Å². The third-order valence-corrected chi connectivity index (χ3v) is 4.08. The van der Waals surface area contributed by atoms with E-state index in [1.54, 1.807) is 0 Å². The molecule has 1 heterocycles. The van der Waals surface area contributed by atoms with E-state index >= 15 is 0 Å². The van der Waals surface area contributed by atoms with Crippen LogP contribution in [0.25, 0.3) is 0 Å². The zero-order valence-electron chi connectivity index (χ0n) is 10.7. The average Bonchev–Trinajstić information content (AvgIpc) is 3.19. The molecule has 2 aliphatic rings. The molecule has 1 unspecified atom stereocenters. The molecule has 0 aromatic heterocycles. The maximum absolute atomic E-state index is 12.7. The molecule has 1 N–H and O–H groups in total. The first-order valence-electron chi connectivity index (χ1n) is 6.60. The van der Waals surface area contributed by atoms with Gasteiger partial charge in [0, 0.05) is 6.04 Å². The Balaban J connectivity index is 2.00. The molecule has 0 saturated heterocycles. The van der Waals surface area contributed by atoms with Crippen molar-refractivity contribution in [3.8, 4) is 0 Å². The molecule has 0 radical (unpaired) electrons. The van der Waals surface area contributed by atoms with Gasteiger partial charge in [-0.15, -0.1) is 0 Å². The molecule has 1 aliphatic carbocycles. The van der Waals surface area contributed by atoms with Gasteiger partial charge in [0.1, 0.15) is 0 Å². The maximum Gasteiger partial charge on any atom is 0.416 e.